The summed E-state index contributed by atoms with van der Waals surface area (Å²) in [6.07, 6.45) is 0. The minimum absolute atomic E-state index is 1.21. The van der Waals surface area contributed by atoms with Crippen LogP contribution < -0.4 is 0 Å². The largest absolute Gasteiger partial charge is 0.343 e. The average Bonchev–Trinajstić information content (AvgIpc) is 1.78. The van der Waals surface area contributed by atoms with Crippen molar-refractivity contribution < 1.29 is 41.6 Å². The normalized spacial score (nSPS) is 15.9. The van der Waals surface area contributed by atoms with E-state index in [2.05, 4.69) is 4.18 Å². The van der Waals surface area contributed by atoms with Gasteiger partial charge in [0.2, 0.25) is 0 Å². The molecule has 0 fully saturated rings. The summed E-state index contributed by atoms with van der Waals surface area (Å²) in [5.74, 6) is 0. The maximum absolute atomic E-state index is 10.5. The second-order valence-corrected chi connectivity index (χ2v) is 6.84. The molecule has 0 aliphatic carbocycles. The van der Waals surface area contributed by atoms with E-state index >= 15 is 0 Å². The van der Waals surface area contributed by atoms with Gasteiger partial charge in [0.05, 0.1) is 6.61 Å². The van der Waals surface area contributed by atoms with Crippen LogP contribution in [0, 0.1) is 0 Å². The molecule has 1 atom stereocenters. The molecule has 9 nitrogen and oxygen atoms in total. The second-order valence-electron chi connectivity index (χ2n) is 2.16. The molecule has 0 saturated carbocycles. The van der Waals surface area contributed by atoms with Crippen LogP contribution in [0.15, 0.2) is 0 Å². The molecule has 0 aromatic carbocycles. The third kappa shape index (κ3) is 5.30. The van der Waals surface area contributed by atoms with Gasteiger partial charge in [0.15, 0.2) is 5.40 Å². The molecule has 1 unspecified atom stereocenters. The smallest absolute Gasteiger partial charge is 0.324 e. The SMILES string of the molecule is O=S(O)OCC(P(=O)(O)O)P(=O)(O)O. The van der Waals surface area contributed by atoms with Crippen LogP contribution in [0.3, 0.4) is 0 Å². The van der Waals surface area contributed by atoms with Crippen molar-refractivity contribution in [3.63, 3.8) is 0 Å². The first-order valence-corrected chi connectivity index (χ1v) is 7.29. The Labute approximate surface area is 80.9 Å². The van der Waals surface area contributed by atoms with E-state index in [1.165, 1.54) is 0 Å². The van der Waals surface area contributed by atoms with Crippen molar-refractivity contribution in [2.75, 3.05) is 6.61 Å². The fraction of sp³-hybridized carbons (Fsp3) is 1.00. The van der Waals surface area contributed by atoms with E-state index in [9.17, 15) is 13.3 Å². The lowest BCUT2D eigenvalue weighted by Gasteiger charge is -2.17. The molecular weight excluding hydrogens is 262 g/mol. The molecule has 86 valence electrons. The second kappa shape index (κ2) is 4.93. The highest BCUT2D eigenvalue weighted by Gasteiger charge is 2.44. The van der Waals surface area contributed by atoms with Crippen molar-refractivity contribution in [2.45, 2.75) is 5.40 Å². The first kappa shape index (κ1) is 14.4. The Morgan fingerprint density at radius 3 is 1.71 bits per heavy atom. The van der Waals surface area contributed by atoms with Crippen LogP contribution in [0.1, 0.15) is 0 Å². The fourth-order valence-electron chi connectivity index (χ4n) is 0.509. The molecule has 0 aliphatic heterocycles. The molecule has 14 heavy (non-hydrogen) atoms. The molecule has 0 aromatic rings. The van der Waals surface area contributed by atoms with Gasteiger partial charge < -0.3 is 19.6 Å². The average molecular weight is 270 g/mol. The molecule has 0 spiro atoms. The summed E-state index contributed by atoms with van der Waals surface area (Å²) in [4.78, 5) is 33.9. The van der Waals surface area contributed by atoms with Gasteiger partial charge in [0.25, 0.3) is 0 Å². The van der Waals surface area contributed by atoms with E-state index in [1.54, 1.807) is 0 Å². The predicted octanol–water partition coefficient (Wildman–Crippen LogP) is -1.18. The summed E-state index contributed by atoms with van der Waals surface area (Å²) < 4.78 is 42.9. The Balaban J connectivity index is 4.69. The molecule has 0 saturated heterocycles. The van der Waals surface area contributed by atoms with E-state index in [1.807, 2.05) is 0 Å². The zero-order valence-corrected chi connectivity index (χ0v) is 9.06. The van der Waals surface area contributed by atoms with Gasteiger partial charge in [0.1, 0.15) is 0 Å². The van der Waals surface area contributed by atoms with Gasteiger partial charge in [-0.15, -0.1) is 0 Å². The van der Waals surface area contributed by atoms with Crippen LogP contribution in [0.2, 0.25) is 0 Å². The summed E-state index contributed by atoms with van der Waals surface area (Å²) in [5.41, 5.74) is 0. The summed E-state index contributed by atoms with van der Waals surface area (Å²) in [7, 11) is -10.2. The molecule has 0 aliphatic rings. The molecule has 0 rings (SSSR count). The lowest BCUT2D eigenvalue weighted by Crippen LogP contribution is -2.17. The zero-order chi connectivity index (χ0) is 11.6. The predicted molar refractivity (Wildman–Crippen MR) is 44.6 cm³/mol. The van der Waals surface area contributed by atoms with Gasteiger partial charge in [-0.25, -0.2) is 0 Å². The Morgan fingerprint density at radius 1 is 1.14 bits per heavy atom. The number of hydrogen-bond donors (Lipinski definition) is 5. The van der Waals surface area contributed by atoms with Crippen LogP contribution >= 0.6 is 15.2 Å². The quantitative estimate of drug-likeness (QED) is 0.305. The maximum Gasteiger partial charge on any atom is 0.343 e. The molecular formula is C2H8O9P2S. The fourth-order valence-corrected chi connectivity index (χ4v) is 3.07. The standard InChI is InChI=1S/C2H8O9P2S/c3-12(4,5)2(13(6,7)8)1-11-14(9)10/h2H,1H2,(H,9,10)(H2,3,4,5)(H2,6,7,8). The molecule has 0 aromatic heterocycles. The van der Waals surface area contributed by atoms with Crippen molar-refractivity contribution in [3.05, 3.63) is 0 Å². The summed E-state index contributed by atoms with van der Waals surface area (Å²) in [6, 6.07) is 0. The maximum atomic E-state index is 10.5. The van der Waals surface area contributed by atoms with Crippen molar-refractivity contribution in [2.24, 2.45) is 0 Å². The zero-order valence-electron chi connectivity index (χ0n) is 6.46. The first-order chi connectivity index (χ1) is 6.05. The Morgan fingerprint density at radius 2 is 1.50 bits per heavy atom. The van der Waals surface area contributed by atoms with Crippen molar-refractivity contribution >= 4 is 26.6 Å². The van der Waals surface area contributed by atoms with Crippen molar-refractivity contribution in [3.8, 4) is 0 Å². The van der Waals surface area contributed by atoms with E-state index < -0.39 is 38.6 Å². The minimum atomic E-state index is -5.09. The van der Waals surface area contributed by atoms with Gasteiger partial charge in [-0.1, -0.05) is 0 Å². The molecule has 0 amide bonds. The van der Waals surface area contributed by atoms with Gasteiger partial charge in [-0.05, 0) is 0 Å². The summed E-state index contributed by atoms with van der Waals surface area (Å²) in [5, 5.41) is -2.42. The highest BCUT2D eigenvalue weighted by atomic mass is 32.2. The highest BCUT2D eigenvalue weighted by molar-refractivity contribution is 7.74. The molecule has 0 radical (unpaired) electrons. The first-order valence-electron chi connectivity index (χ1n) is 2.89. The van der Waals surface area contributed by atoms with Crippen molar-refractivity contribution in [1.82, 2.24) is 0 Å². The summed E-state index contributed by atoms with van der Waals surface area (Å²) in [6.45, 7) is -1.21. The monoisotopic (exact) mass is 270 g/mol. The molecule has 5 N–H and O–H groups in total. The van der Waals surface area contributed by atoms with Gasteiger partial charge in [-0.2, -0.15) is 4.21 Å². The van der Waals surface area contributed by atoms with Crippen molar-refractivity contribution in [1.29, 1.82) is 0 Å². The Hall–Kier alpha value is 0.370. The van der Waals surface area contributed by atoms with Crippen LogP contribution in [-0.2, 0) is 24.7 Å². The van der Waals surface area contributed by atoms with Gasteiger partial charge >= 0.3 is 26.6 Å². The molecule has 12 heteroatoms. The van der Waals surface area contributed by atoms with E-state index in [0.717, 1.165) is 0 Å². The van der Waals surface area contributed by atoms with Gasteiger partial charge in [0, 0.05) is 0 Å². The number of hydrogen-bond acceptors (Lipinski definition) is 4. The van der Waals surface area contributed by atoms with Crippen LogP contribution in [0.25, 0.3) is 0 Å². The Bertz CT molecular complexity index is 278. The summed E-state index contributed by atoms with van der Waals surface area (Å²) >= 11 is -2.84. The molecule has 0 heterocycles. The van der Waals surface area contributed by atoms with Gasteiger partial charge in [-0.3, -0.25) is 17.9 Å². The molecule has 0 bridgehead atoms. The topological polar surface area (TPSA) is 162 Å². The van der Waals surface area contributed by atoms with E-state index in [-0.39, 0.29) is 0 Å². The lowest BCUT2D eigenvalue weighted by atomic mass is 10.9. The van der Waals surface area contributed by atoms with Crippen LogP contribution in [0.5, 0.6) is 0 Å². The van der Waals surface area contributed by atoms with Crippen LogP contribution in [-0.4, -0.2) is 40.3 Å². The lowest BCUT2D eigenvalue weighted by molar-refractivity contribution is 0.278. The Kier molecular flexibility index (Phi) is 5.06. The third-order valence-electron chi connectivity index (χ3n) is 1.09. The highest BCUT2D eigenvalue weighted by Crippen LogP contribution is 2.59. The third-order valence-corrected chi connectivity index (χ3v) is 5.09. The number of rotatable bonds is 5. The van der Waals surface area contributed by atoms with E-state index in [4.69, 9.17) is 24.1 Å². The van der Waals surface area contributed by atoms with Crippen LogP contribution in [0.4, 0.5) is 0 Å². The van der Waals surface area contributed by atoms with E-state index in [0.29, 0.717) is 0 Å². The minimum Gasteiger partial charge on any atom is -0.324 e.